The van der Waals surface area contributed by atoms with Crippen molar-refractivity contribution >= 4 is 0 Å². The van der Waals surface area contributed by atoms with Gasteiger partial charge in [0.25, 0.3) is 0 Å². The van der Waals surface area contributed by atoms with Crippen LogP contribution in [0.15, 0.2) is 4.52 Å². The first kappa shape index (κ1) is 12.0. The summed E-state index contributed by atoms with van der Waals surface area (Å²) >= 11 is 0. The summed E-state index contributed by atoms with van der Waals surface area (Å²) in [5, 5.41) is 3.43. The minimum Gasteiger partial charge on any atom is -0.339 e. The van der Waals surface area contributed by atoms with Crippen molar-refractivity contribution in [2.24, 2.45) is 5.73 Å². The largest absolute Gasteiger partial charge is 0.389 e. The van der Waals surface area contributed by atoms with Crippen molar-refractivity contribution in [3.05, 3.63) is 11.7 Å². The van der Waals surface area contributed by atoms with E-state index >= 15 is 0 Å². The Morgan fingerprint density at radius 2 is 2.13 bits per heavy atom. The summed E-state index contributed by atoms with van der Waals surface area (Å²) in [7, 11) is 0. The van der Waals surface area contributed by atoms with Crippen LogP contribution in [0, 0.1) is 0 Å². The molecule has 0 spiro atoms. The molecule has 0 amide bonds. The molecule has 15 heavy (non-hydrogen) atoms. The summed E-state index contributed by atoms with van der Waals surface area (Å²) in [5.74, 6) is 0.352. The summed E-state index contributed by atoms with van der Waals surface area (Å²) in [5.41, 5.74) is 5.47. The smallest absolute Gasteiger partial charge is 0.339 e. The summed E-state index contributed by atoms with van der Waals surface area (Å²) in [4.78, 5) is 3.80. The standard InChI is InChI=1S/C8H12F3N3O/c1-5(12)4-7-13-6(14-15-7)2-3-8(9,10)11/h5H,2-4,12H2,1H3. The third-order valence-corrected chi connectivity index (χ3v) is 1.64. The molecule has 86 valence electrons. The number of nitrogens with zero attached hydrogens (tertiary/aromatic N) is 2. The van der Waals surface area contributed by atoms with Crippen LogP contribution in [0.25, 0.3) is 0 Å². The Hall–Kier alpha value is -1.11. The molecule has 0 radical (unpaired) electrons. The summed E-state index contributed by atoms with van der Waals surface area (Å²) in [6.07, 6.45) is -5.02. The Balaban J connectivity index is 2.46. The van der Waals surface area contributed by atoms with Crippen LogP contribution in [0.5, 0.6) is 0 Å². The number of aryl methyl sites for hydroxylation is 1. The Morgan fingerprint density at radius 3 is 2.67 bits per heavy atom. The van der Waals surface area contributed by atoms with Crippen molar-refractivity contribution < 1.29 is 17.7 Å². The lowest BCUT2D eigenvalue weighted by Gasteiger charge is -2.01. The molecule has 1 aromatic rings. The van der Waals surface area contributed by atoms with E-state index in [4.69, 9.17) is 10.3 Å². The Kier molecular flexibility index (Phi) is 3.67. The minimum absolute atomic E-state index is 0.0722. The van der Waals surface area contributed by atoms with Crippen molar-refractivity contribution in [1.29, 1.82) is 0 Å². The average Bonchev–Trinajstić information content (AvgIpc) is 2.46. The summed E-state index contributed by atoms with van der Waals surface area (Å²) in [6.45, 7) is 1.75. The molecule has 0 aromatic carbocycles. The minimum atomic E-state index is -4.19. The molecule has 0 aliphatic carbocycles. The van der Waals surface area contributed by atoms with Gasteiger partial charge in [-0.3, -0.25) is 0 Å². The van der Waals surface area contributed by atoms with Gasteiger partial charge in [0, 0.05) is 18.9 Å². The van der Waals surface area contributed by atoms with Crippen molar-refractivity contribution in [2.45, 2.75) is 38.4 Å². The van der Waals surface area contributed by atoms with E-state index in [1.807, 2.05) is 0 Å². The van der Waals surface area contributed by atoms with E-state index in [2.05, 4.69) is 10.1 Å². The van der Waals surface area contributed by atoms with Crippen molar-refractivity contribution in [3.8, 4) is 0 Å². The molecule has 0 fully saturated rings. The van der Waals surface area contributed by atoms with Crippen LogP contribution < -0.4 is 5.73 Å². The van der Waals surface area contributed by atoms with Gasteiger partial charge in [-0.15, -0.1) is 0 Å². The lowest BCUT2D eigenvalue weighted by molar-refractivity contribution is -0.134. The second-order valence-corrected chi connectivity index (χ2v) is 3.40. The van der Waals surface area contributed by atoms with E-state index in [-0.39, 0.29) is 24.2 Å². The Labute approximate surface area is 84.6 Å². The average molecular weight is 223 g/mol. The first-order valence-electron chi connectivity index (χ1n) is 4.50. The monoisotopic (exact) mass is 223 g/mol. The molecule has 0 saturated heterocycles. The van der Waals surface area contributed by atoms with Gasteiger partial charge >= 0.3 is 6.18 Å². The zero-order valence-corrected chi connectivity index (χ0v) is 8.21. The Bertz CT molecular complexity index is 308. The molecule has 1 unspecified atom stereocenters. The highest BCUT2D eigenvalue weighted by Gasteiger charge is 2.27. The van der Waals surface area contributed by atoms with Gasteiger partial charge in [-0.1, -0.05) is 5.16 Å². The number of nitrogens with two attached hydrogens (primary N) is 1. The quantitative estimate of drug-likeness (QED) is 0.839. The van der Waals surface area contributed by atoms with Gasteiger partial charge in [0.1, 0.15) is 0 Å². The normalized spacial score (nSPS) is 14.2. The number of rotatable bonds is 4. The van der Waals surface area contributed by atoms with Gasteiger partial charge in [0.15, 0.2) is 5.82 Å². The zero-order chi connectivity index (χ0) is 11.5. The lowest BCUT2D eigenvalue weighted by Crippen LogP contribution is -2.18. The molecule has 7 heteroatoms. The third kappa shape index (κ3) is 4.78. The molecule has 2 N–H and O–H groups in total. The van der Waals surface area contributed by atoms with Gasteiger partial charge in [-0.25, -0.2) is 0 Å². The van der Waals surface area contributed by atoms with Crippen LogP contribution in [0.2, 0.25) is 0 Å². The van der Waals surface area contributed by atoms with Gasteiger partial charge < -0.3 is 10.3 Å². The fourth-order valence-corrected chi connectivity index (χ4v) is 1.00. The zero-order valence-electron chi connectivity index (χ0n) is 8.21. The van der Waals surface area contributed by atoms with Crippen LogP contribution in [0.1, 0.15) is 25.1 Å². The van der Waals surface area contributed by atoms with Gasteiger partial charge in [-0.2, -0.15) is 18.2 Å². The maximum atomic E-state index is 11.9. The highest BCUT2D eigenvalue weighted by Crippen LogP contribution is 2.21. The van der Waals surface area contributed by atoms with Crippen LogP contribution in [-0.2, 0) is 12.8 Å². The van der Waals surface area contributed by atoms with E-state index in [0.29, 0.717) is 6.42 Å². The van der Waals surface area contributed by atoms with Crippen LogP contribution >= 0.6 is 0 Å². The molecule has 4 nitrogen and oxygen atoms in total. The highest BCUT2D eigenvalue weighted by atomic mass is 19.4. The van der Waals surface area contributed by atoms with Crippen LogP contribution in [0.4, 0.5) is 13.2 Å². The maximum absolute atomic E-state index is 11.9. The summed E-state index contributed by atoms with van der Waals surface area (Å²) < 4.78 is 40.3. The van der Waals surface area contributed by atoms with E-state index in [1.54, 1.807) is 6.92 Å². The maximum Gasteiger partial charge on any atom is 0.389 e. The van der Waals surface area contributed by atoms with Crippen LogP contribution in [0.3, 0.4) is 0 Å². The predicted molar refractivity (Wildman–Crippen MR) is 46.0 cm³/mol. The number of hydrogen-bond donors (Lipinski definition) is 1. The van der Waals surface area contributed by atoms with Crippen LogP contribution in [-0.4, -0.2) is 22.4 Å². The molecule has 1 heterocycles. The Morgan fingerprint density at radius 1 is 1.47 bits per heavy atom. The highest BCUT2D eigenvalue weighted by molar-refractivity contribution is 4.88. The van der Waals surface area contributed by atoms with Gasteiger partial charge in [0.05, 0.1) is 6.42 Å². The topological polar surface area (TPSA) is 64.9 Å². The molecule has 1 rings (SSSR count). The summed E-state index contributed by atoms with van der Waals surface area (Å²) in [6, 6.07) is -0.152. The van der Waals surface area contributed by atoms with E-state index in [9.17, 15) is 13.2 Å². The molecular formula is C8H12F3N3O. The number of halogens is 3. The number of alkyl halides is 3. The molecule has 0 aliphatic rings. The molecular weight excluding hydrogens is 211 g/mol. The molecule has 1 aromatic heterocycles. The molecule has 1 atom stereocenters. The SMILES string of the molecule is CC(N)Cc1nc(CCC(F)(F)F)no1. The van der Waals surface area contributed by atoms with Crippen molar-refractivity contribution in [2.75, 3.05) is 0 Å². The third-order valence-electron chi connectivity index (χ3n) is 1.64. The van der Waals surface area contributed by atoms with Crippen molar-refractivity contribution in [1.82, 2.24) is 10.1 Å². The number of hydrogen-bond acceptors (Lipinski definition) is 4. The van der Waals surface area contributed by atoms with E-state index in [1.165, 1.54) is 0 Å². The molecule has 0 saturated carbocycles. The first-order valence-corrected chi connectivity index (χ1v) is 4.50. The van der Waals surface area contributed by atoms with Gasteiger partial charge in [-0.05, 0) is 6.92 Å². The fraction of sp³-hybridized carbons (Fsp3) is 0.750. The van der Waals surface area contributed by atoms with E-state index in [0.717, 1.165) is 0 Å². The molecule has 0 bridgehead atoms. The second-order valence-electron chi connectivity index (χ2n) is 3.40. The predicted octanol–water partition coefficient (Wildman–Crippen LogP) is 1.45. The van der Waals surface area contributed by atoms with E-state index < -0.39 is 12.6 Å². The van der Waals surface area contributed by atoms with Crippen molar-refractivity contribution in [3.63, 3.8) is 0 Å². The first-order chi connectivity index (χ1) is 6.87. The molecule has 0 aliphatic heterocycles. The fourth-order valence-electron chi connectivity index (χ4n) is 1.00. The second kappa shape index (κ2) is 4.61. The number of aromatic nitrogens is 2. The van der Waals surface area contributed by atoms with Gasteiger partial charge in [0.2, 0.25) is 5.89 Å². The lowest BCUT2D eigenvalue weighted by atomic mass is 10.2.